The van der Waals surface area contributed by atoms with Crippen molar-refractivity contribution in [2.45, 2.75) is 18.9 Å². The first kappa shape index (κ1) is 12.7. The molecule has 2 rings (SSSR count). The highest BCUT2D eigenvalue weighted by Gasteiger charge is 2.21. The zero-order chi connectivity index (χ0) is 12.1. The predicted octanol–water partition coefficient (Wildman–Crippen LogP) is 2.14. The van der Waals surface area contributed by atoms with E-state index >= 15 is 0 Å². The van der Waals surface area contributed by atoms with Gasteiger partial charge in [0.2, 0.25) is 0 Å². The summed E-state index contributed by atoms with van der Waals surface area (Å²) in [5.41, 5.74) is 5.80. The number of hydrogen-bond donors (Lipinski definition) is 1. The fourth-order valence-corrected chi connectivity index (χ4v) is 2.28. The van der Waals surface area contributed by atoms with E-state index in [0.29, 0.717) is 19.2 Å². The Morgan fingerprint density at radius 3 is 2.47 bits per heavy atom. The third-order valence-corrected chi connectivity index (χ3v) is 3.44. The molecule has 0 aromatic heterocycles. The smallest absolute Gasteiger partial charge is 0.119 e. The van der Waals surface area contributed by atoms with Crippen molar-refractivity contribution in [1.82, 2.24) is 4.90 Å². The van der Waals surface area contributed by atoms with Crippen molar-refractivity contribution in [3.63, 3.8) is 0 Å². The van der Waals surface area contributed by atoms with Gasteiger partial charge in [0.15, 0.2) is 0 Å². The van der Waals surface area contributed by atoms with Gasteiger partial charge >= 0.3 is 0 Å². The van der Waals surface area contributed by atoms with Crippen LogP contribution in [-0.4, -0.2) is 37.2 Å². The minimum absolute atomic E-state index is 0.327. The molecule has 1 atom stereocenters. The lowest BCUT2D eigenvalue weighted by Crippen LogP contribution is -2.42. The Kier molecular flexibility index (Phi) is 4.66. The van der Waals surface area contributed by atoms with Gasteiger partial charge in [0.1, 0.15) is 12.4 Å². The van der Waals surface area contributed by atoms with Crippen LogP contribution in [0.4, 0.5) is 0 Å². The Hall–Kier alpha value is -0.770. The van der Waals surface area contributed by atoms with Crippen LogP contribution in [0.3, 0.4) is 0 Å². The van der Waals surface area contributed by atoms with Gasteiger partial charge in [-0.1, -0.05) is 11.6 Å². The Labute approximate surface area is 107 Å². The van der Waals surface area contributed by atoms with Crippen molar-refractivity contribution >= 4 is 11.6 Å². The molecule has 1 aromatic carbocycles. The molecule has 1 saturated heterocycles. The van der Waals surface area contributed by atoms with Gasteiger partial charge < -0.3 is 10.5 Å². The summed E-state index contributed by atoms with van der Waals surface area (Å²) >= 11 is 5.82. The summed E-state index contributed by atoms with van der Waals surface area (Å²) in [6, 6.07) is 7.78. The van der Waals surface area contributed by atoms with Crippen molar-refractivity contribution in [2.75, 3.05) is 26.2 Å². The molecule has 4 heteroatoms. The van der Waals surface area contributed by atoms with Crippen LogP contribution >= 0.6 is 11.6 Å². The highest BCUT2D eigenvalue weighted by atomic mass is 35.5. The molecule has 17 heavy (non-hydrogen) atoms. The quantitative estimate of drug-likeness (QED) is 0.875. The molecule has 0 spiro atoms. The van der Waals surface area contributed by atoms with Crippen LogP contribution in [0.2, 0.25) is 5.02 Å². The second kappa shape index (κ2) is 6.24. The zero-order valence-corrected chi connectivity index (χ0v) is 10.7. The molecular formula is C13H19ClN2O. The van der Waals surface area contributed by atoms with Gasteiger partial charge in [-0.05, 0) is 50.2 Å². The van der Waals surface area contributed by atoms with Crippen LogP contribution in [-0.2, 0) is 0 Å². The standard InChI is InChI=1S/C13H19ClN2O/c14-11-3-5-13(6-4-11)17-10-12(9-15)16-7-1-2-8-16/h3-6,12H,1-2,7-10,15H2. The van der Waals surface area contributed by atoms with Crippen LogP contribution in [0.25, 0.3) is 0 Å². The van der Waals surface area contributed by atoms with Crippen LogP contribution in [0.1, 0.15) is 12.8 Å². The van der Waals surface area contributed by atoms with E-state index in [4.69, 9.17) is 22.1 Å². The lowest BCUT2D eigenvalue weighted by atomic mass is 10.2. The van der Waals surface area contributed by atoms with Gasteiger partial charge in [0.25, 0.3) is 0 Å². The largest absolute Gasteiger partial charge is 0.492 e. The second-order valence-electron chi connectivity index (χ2n) is 4.40. The summed E-state index contributed by atoms with van der Waals surface area (Å²) in [6.07, 6.45) is 2.55. The third kappa shape index (κ3) is 3.60. The number of hydrogen-bond acceptors (Lipinski definition) is 3. The van der Waals surface area contributed by atoms with Gasteiger partial charge in [-0.2, -0.15) is 0 Å². The molecule has 1 heterocycles. The molecule has 0 bridgehead atoms. The molecule has 1 fully saturated rings. The van der Waals surface area contributed by atoms with Crippen molar-refractivity contribution in [3.8, 4) is 5.75 Å². The summed E-state index contributed by atoms with van der Waals surface area (Å²) in [5, 5.41) is 0.729. The fraction of sp³-hybridized carbons (Fsp3) is 0.538. The number of rotatable bonds is 5. The first-order valence-electron chi connectivity index (χ1n) is 6.12. The molecular weight excluding hydrogens is 236 g/mol. The fourth-order valence-electron chi connectivity index (χ4n) is 2.15. The maximum absolute atomic E-state index is 5.82. The predicted molar refractivity (Wildman–Crippen MR) is 70.6 cm³/mol. The number of halogens is 1. The lowest BCUT2D eigenvalue weighted by Gasteiger charge is -2.26. The van der Waals surface area contributed by atoms with Gasteiger partial charge in [-0.25, -0.2) is 0 Å². The summed E-state index contributed by atoms with van der Waals surface area (Å²) in [6.45, 7) is 3.59. The van der Waals surface area contributed by atoms with E-state index in [1.807, 2.05) is 24.3 Å². The Balaban J connectivity index is 1.84. The lowest BCUT2D eigenvalue weighted by molar-refractivity contribution is 0.165. The van der Waals surface area contributed by atoms with E-state index in [1.54, 1.807) is 0 Å². The Morgan fingerprint density at radius 1 is 1.24 bits per heavy atom. The minimum Gasteiger partial charge on any atom is -0.492 e. The monoisotopic (exact) mass is 254 g/mol. The molecule has 1 unspecified atom stereocenters. The second-order valence-corrected chi connectivity index (χ2v) is 4.83. The summed E-state index contributed by atoms with van der Waals surface area (Å²) in [7, 11) is 0. The van der Waals surface area contributed by atoms with E-state index in [2.05, 4.69) is 4.90 Å². The molecule has 1 aliphatic heterocycles. The summed E-state index contributed by atoms with van der Waals surface area (Å²) in [5.74, 6) is 0.854. The molecule has 0 radical (unpaired) electrons. The molecule has 0 aliphatic carbocycles. The van der Waals surface area contributed by atoms with Gasteiger partial charge in [-0.15, -0.1) is 0 Å². The summed E-state index contributed by atoms with van der Waals surface area (Å²) < 4.78 is 5.75. The van der Waals surface area contributed by atoms with Gasteiger partial charge in [0, 0.05) is 11.6 Å². The summed E-state index contributed by atoms with van der Waals surface area (Å²) in [4.78, 5) is 2.41. The topological polar surface area (TPSA) is 38.5 Å². The number of likely N-dealkylation sites (tertiary alicyclic amines) is 1. The molecule has 3 nitrogen and oxygen atoms in total. The average molecular weight is 255 g/mol. The normalized spacial score (nSPS) is 18.2. The first-order valence-corrected chi connectivity index (χ1v) is 6.50. The van der Waals surface area contributed by atoms with Crippen LogP contribution in [0.5, 0.6) is 5.75 Å². The van der Waals surface area contributed by atoms with Crippen LogP contribution < -0.4 is 10.5 Å². The SMILES string of the molecule is NCC(COc1ccc(Cl)cc1)N1CCCC1. The van der Waals surface area contributed by atoms with Crippen molar-refractivity contribution in [3.05, 3.63) is 29.3 Å². The molecule has 94 valence electrons. The van der Waals surface area contributed by atoms with Gasteiger partial charge in [0.05, 0.1) is 6.04 Å². The maximum atomic E-state index is 5.82. The van der Waals surface area contributed by atoms with Gasteiger partial charge in [-0.3, -0.25) is 4.90 Å². The van der Waals surface area contributed by atoms with E-state index in [0.717, 1.165) is 23.9 Å². The number of benzene rings is 1. The van der Waals surface area contributed by atoms with E-state index in [9.17, 15) is 0 Å². The minimum atomic E-state index is 0.327. The molecule has 1 aromatic rings. The highest BCUT2D eigenvalue weighted by molar-refractivity contribution is 6.30. The third-order valence-electron chi connectivity index (χ3n) is 3.19. The Morgan fingerprint density at radius 2 is 1.88 bits per heavy atom. The van der Waals surface area contributed by atoms with Crippen LogP contribution in [0.15, 0.2) is 24.3 Å². The number of nitrogens with two attached hydrogens (primary N) is 1. The van der Waals surface area contributed by atoms with Crippen molar-refractivity contribution < 1.29 is 4.74 Å². The number of ether oxygens (including phenoxy) is 1. The first-order chi connectivity index (χ1) is 8.29. The van der Waals surface area contributed by atoms with E-state index < -0.39 is 0 Å². The maximum Gasteiger partial charge on any atom is 0.119 e. The molecule has 1 aliphatic rings. The average Bonchev–Trinajstić information content (AvgIpc) is 2.86. The van der Waals surface area contributed by atoms with Crippen LogP contribution in [0, 0.1) is 0 Å². The molecule has 2 N–H and O–H groups in total. The molecule has 0 saturated carbocycles. The number of nitrogens with zero attached hydrogens (tertiary/aromatic N) is 1. The zero-order valence-electron chi connectivity index (χ0n) is 9.94. The highest BCUT2D eigenvalue weighted by Crippen LogP contribution is 2.17. The van der Waals surface area contributed by atoms with Crippen molar-refractivity contribution in [1.29, 1.82) is 0 Å². The Bertz CT molecular complexity index is 336. The van der Waals surface area contributed by atoms with Crippen molar-refractivity contribution in [2.24, 2.45) is 5.73 Å². The van der Waals surface area contributed by atoms with E-state index in [-0.39, 0.29) is 0 Å². The van der Waals surface area contributed by atoms with E-state index in [1.165, 1.54) is 12.8 Å². The molecule has 0 amide bonds.